The topological polar surface area (TPSA) is 72.6 Å². The van der Waals surface area contributed by atoms with Gasteiger partial charge in [0.1, 0.15) is 12.4 Å². The molecule has 0 bridgehead atoms. The third kappa shape index (κ3) is 5.01. The van der Waals surface area contributed by atoms with E-state index >= 15 is 0 Å². The molecule has 0 atom stereocenters. The molecule has 3 aromatic rings. The maximum absolute atomic E-state index is 12.9. The van der Waals surface area contributed by atoms with Gasteiger partial charge in [0.25, 0.3) is 11.6 Å². The first-order valence-electron chi connectivity index (χ1n) is 9.46. The zero-order chi connectivity index (χ0) is 22.8. The summed E-state index contributed by atoms with van der Waals surface area (Å²) >= 11 is 0. The van der Waals surface area contributed by atoms with Gasteiger partial charge in [-0.05, 0) is 31.5 Å². The monoisotopic (exact) mass is 433 g/mol. The molecule has 0 N–H and O–H groups in total. The Morgan fingerprint density at radius 3 is 2.52 bits per heavy atom. The molecule has 0 unspecified atom stereocenters. The molecule has 0 radical (unpaired) electrons. The molecular weight excluding hydrogens is 411 g/mol. The number of amides is 1. The quantitative estimate of drug-likeness (QED) is 0.533. The third-order valence-electron chi connectivity index (χ3n) is 4.77. The normalized spacial score (nSPS) is 11.5. The molecule has 1 amide bonds. The zero-order valence-corrected chi connectivity index (χ0v) is 17.4. The number of aromatic nitrogens is 4. The number of likely N-dealkylation sites (N-methyl/N-ethyl adjacent to an activating group) is 1. The minimum atomic E-state index is -4.67. The van der Waals surface area contributed by atoms with Crippen molar-refractivity contribution in [1.82, 2.24) is 24.5 Å². The second kappa shape index (κ2) is 8.75. The van der Waals surface area contributed by atoms with Gasteiger partial charge >= 0.3 is 6.18 Å². The number of benzene rings is 1. The number of rotatable bonds is 7. The summed E-state index contributed by atoms with van der Waals surface area (Å²) in [5.41, 5.74) is 2.28. The molecule has 7 nitrogen and oxygen atoms in total. The standard InChI is InChI=1S/C21H22F3N5O2/c1-5-10-31-16-8-6-15(7-9-16)12-28(4)18(30)11-17-13(2)25-20-26-19(21(22,23)24)27-29(20)14(17)3/h5-9H,1,10-12H2,2-4H3. The Labute approximate surface area is 177 Å². The van der Waals surface area contributed by atoms with E-state index < -0.39 is 12.0 Å². The predicted octanol–water partition coefficient (Wildman–Crippen LogP) is 3.53. The highest BCUT2D eigenvalue weighted by molar-refractivity contribution is 5.79. The second-order valence-corrected chi connectivity index (χ2v) is 7.08. The Bertz CT molecular complexity index is 1110. The Morgan fingerprint density at radius 2 is 1.90 bits per heavy atom. The smallest absolute Gasteiger partial charge is 0.453 e. The average molecular weight is 433 g/mol. The number of nitrogens with zero attached hydrogens (tertiary/aromatic N) is 5. The first-order chi connectivity index (χ1) is 14.6. The molecule has 31 heavy (non-hydrogen) atoms. The molecule has 0 fully saturated rings. The molecule has 0 aliphatic carbocycles. The fourth-order valence-corrected chi connectivity index (χ4v) is 3.08. The van der Waals surface area contributed by atoms with Gasteiger partial charge in [0.05, 0.1) is 6.42 Å². The van der Waals surface area contributed by atoms with E-state index in [2.05, 4.69) is 21.6 Å². The Morgan fingerprint density at radius 1 is 1.23 bits per heavy atom. The van der Waals surface area contributed by atoms with Crippen molar-refractivity contribution in [1.29, 1.82) is 0 Å². The highest BCUT2D eigenvalue weighted by atomic mass is 19.4. The van der Waals surface area contributed by atoms with Crippen LogP contribution in [0.15, 0.2) is 36.9 Å². The summed E-state index contributed by atoms with van der Waals surface area (Å²) < 4.78 is 45.3. The van der Waals surface area contributed by atoms with E-state index in [1.165, 1.54) is 0 Å². The fourth-order valence-electron chi connectivity index (χ4n) is 3.08. The Kier molecular flexibility index (Phi) is 6.28. The van der Waals surface area contributed by atoms with Gasteiger partial charge in [-0.2, -0.15) is 18.2 Å². The van der Waals surface area contributed by atoms with Crippen molar-refractivity contribution in [3.05, 3.63) is 65.3 Å². The van der Waals surface area contributed by atoms with Gasteiger partial charge in [0.15, 0.2) is 0 Å². The van der Waals surface area contributed by atoms with Crippen LogP contribution in [0.2, 0.25) is 0 Å². The van der Waals surface area contributed by atoms with Crippen LogP contribution in [-0.4, -0.2) is 44.0 Å². The van der Waals surface area contributed by atoms with E-state index in [9.17, 15) is 18.0 Å². The molecule has 164 valence electrons. The maximum Gasteiger partial charge on any atom is 0.453 e. The van der Waals surface area contributed by atoms with E-state index in [-0.39, 0.29) is 18.1 Å². The van der Waals surface area contributed by atoms with Crippen molar-refractivity contribution >= 4 is 11.7 Å². The first-order valence-corrected chi connectivity index (χ1v) is 9.46. The summed E-state index contributed by atoms with van der Waals surface area (Å²) in [6.45, 7) is 7.61. The van der Waals surface area contributed by atoms with Gasteiger partial charge in [0, 0.05) is 30.5 Å². The largest absolute Gasteiger partial charge is 0.490 e. The summed E-state index contributed by atoms with van der Waals surface area (Å²) in [5.74, 6) is -0.904. The minimum Gasteiger partial charge on any atom is -0.490 e. The van der Waals surface area contributed by atoms with Gasteiger partial charge in [-0.25, -0.2) is 9.50 Å². The molecule has 2 aromatic heterocycles. The van der Waals surface area contributed by atoms with Crippen LogP contribution < -0.4 is 4.74 Å². The van der Waals surface area contributed by atoms with Gasteiger partial charge in [-0.1, -0.05) is 24.8 Å². The summed E-state index contributed by atoms with van der Waals surface area (Å²) in [5, 5.41) is 3.51. The highest BCUT2D eigenvalue weighted by Crippen LogP contribution is 2.27. The van der Waals surface area contributed by atoms with E-state index in [1.54, 1.807) is 31.9 Å². The molecule has 0 saturated carbocycles. The molecule has 2 heterocycles. The molecule has 1 aromatic carbocycles. The van der Waals surface area contributed by atoms with Crippen molar-refractivity contribution in [3.63, 3.8) is 0 Å². The van der Waals surface area contributed by atoms with Crippen LogP contribution in [0.25, 0.3) is 5.78 Å². The number of carbonyl (C=O) groups excluding carboxylic acids is 1. The molecule has 0 spiro atoms. The number of ether oxygens (including phenoxy) is 1. The summed E-state index contributed by atoms with van der Waals surface area (Å²) in [6, 6.07) is 7.35. The van der Waals surface area contributed by atoms with Gasteiger partial charge < -0.3 is 9.64 Å². The number of hydrogen-bond donors (Lipinski definition) is 0. The lowest BCUT2D eigenvalue weighted by Crippen LogP contribution is -2.28. The lowest BCUT2D eigenvalue weighted by atomic mass is 10.1. The highest BCUT2D eigenvalue weighted by Gasteiger charge is 2.37. The molecule has 0 aliphatic heterocycles. The summed E-state index contributed by atoms with van der Waals surface area (Å²) in [4.78, 5) is 21.9. The zero-order valence-electron chi connectivity index (χ0n) is 17.4. The Balaban J connectivity index is 1.75. The number of fused-ring (bicyclic) bond motifs is 1. The van der Waals surface area contributed by atoms with Crippen LogP contribution in [-0.2, 0) is 23.9 Å². The number of alkyl halides is 3. The van der Waals surface area contributed by atoms with Crippen LogP contribution in [0.4, 0.5) is 13.2 Å². The van der Waals surface area contributed by atoms with Gasteiger partial charge in [-0.3, -0.25) is 4.79 Å². The molecule has 3 rings (SSSR count). The number of halogens is 3. The summed E-state index contributed by atoms with van der Waals surface area (Å²) in [6.07, 6.45) is -3.03. The van der Waals surface area contributed by atoms with E-state index in [1.807, 2.05) is 24.3 Å². The van der Waals surface area contributed by atoms with Crippen molar-refractivity contribution in [3.8, 4) is 5.75 Å². The fraction of sp³-hybridized carbons (Fsp3) is 0.333. The van der Waals surface area contributed by atoms with E-state index in [0.717, 1.165) is 10.1 Å². The Hall–Kier alpha value is -3.43. The lowest BCUT2D eigenvalue weighted by Gasteiger charge is -2.19. The molecule has 0 aliphatic rings. The molecular formula is C21H22F3N5O2. The summed E-state index contributed by atoms with van der Waals surface area (Å²) in [7, 11) is 1.66. The molecule has 10 heteroatoms. The van der Waals surface area contributed by atoms with Crippen LogP contribution in [0.5, 0.6) is 5.75 Å². The number of aryl methyl sites for hydroxylation is 2. The number of carbonyl (C=O) groups is 1. The molecule has 0 saturated heterocycles. The van der Waals surface area contributed by atoms with Gasteiger partial charge in [0.2, 0.25) is 5.91 Å². The van der Waals surface area contributed by atoms with Crippen LogP contribution >= 0.6 is 0 Å². The SMILES string of the molecule is C=CCOc1ccc(CN(C)C(=O)Cc2c(C)nc3nc(C(F)(F)F)nn3c2C)cc1. The third-order valence-corrected chi connectivity index (χ3v) is 4.77. The van der Waals surface area contributed by atoms with Crippen LogP contribution in [0, 0.1) is 13.8 Å². The van der Waals surface area contributed by atoms with Crippen molar-refractivity contribution < 1.29 is 22.7 Å². The van der Waals surface area contributed by atoms with Crippen LogP contribution in [0.3, 0.4) is 0 Å². The van der Waals surface area contributed by atoms with Gasteiger partial charge in [-0.15, -0.1) is 5.10 Å². The van der Waals surface area contributed by atoms with E-state index in [4.69, 9.17) is 4.74 Å². The van der Waals surface area contributed by atoms with Crippen LogP contribution in [0.1, 0.15) is 28.3 Å². The van der Waals surface area contributed by atoms with E-state index in [0.29, 0.717) is 35.9 Å². The second-order valence-electron chi connectivity index (χ2n) is 7.08. The predicted molar refractivity (Wildman–Crippen MR) is 108 cm³/mol. The average Bonchev–Trinajstić information content (AvgIpc) is 3.15. The first kappa shape index (κ1) is 22.3. The van der Waals surface area contributed by atoms with Crippen molar-refractivity contribution in [2.45, 2.75) is 33.0 Å². The number of hydrogen-bond acceptors (Lipinski definition) is 5. The van der Waals surface area contributed by atoms with Crippen molar-refractivity contribution in [2.24, 2.45) is 0 Å². The maximum atomic E-state index is 12.9. The minimum absolute atomic E-state index is 0.0150. The lowest BCUT2D eigenvalue weighted by molar-refractivity contribution is -0.144. The van der Waals surface area contributed by atoms with Crippen molar-refractivity contribution in [2.75, 3.05) is 13.7 Å².